The largest absolute Gasteiger partial charge is 0.293 e. The molecule has 0 heterocycles. The number of aryl methyl sites for hydroxylation is 2. The van der Waals surface area contributed by atoms with Crippen LogP contribution in [0.5, 0.6) is 0 Å². The second-order valence-electron chi connectivity index (χ2n) is 4.93. The minimum Gasteiger partial charge on any atom is -0.293 e. The zero-order chi connectivity index (χ0) is 15.6. The van der Waals surface area contributed by atoms with Gasteiger partial charge in [-0.3, -0.25) is 4.79 Å². The lowest BCUT2D eigenvalue weighted by Gasteiger charge is -2.08. The summed E-state index contributed by atoms with van der Waals surface area (Å²) in [5, 5.41) is 0.262. The van der Waals surface area contributed by atoms with E-state index >= 15 is 0 Å². The van der Waals surface area contributed by atoms with Gasteiger partial charge in [0.25, 0.3) is 0 Å². The molecule has 0 aliphatic carbocycles. The van der Waals surface area contributed by atoms with Gasteiger partial charge in [-0.05, 0) is 37.6 Å². The molecule has 2 aromatic carbocycles. The number of halogens is 1. The molecule has 0 aliphatic heterocycles. The number of rotatable bonds is 4. The van der Waals surface area contributed by atoms with Crippen LogP contribution in [0, 0.1) is 13.8 Å². The molecule has 2 rings (SSSR count). The fourth-order valence-electron chi connectivity index (χ4n) is 2.16. The number of carbonyl (C=O) groups is 1. The van der Waals surface area contributed by atoms with Gasteiger partial charge in [0.05, 0.1) is 9.92 Å². The number of benzene rings is 2. The molecule has 110 valence electrons. The highest BCUT2D eigenvalue weighted by molar-refractivity contribution is 7.92. The van der Waals surface area contributed by atoms with Gasteiger partial charge in [-0.2, -0.15) is 0 Å². The molecular weight excluding hydrogens is 308 g/mol. The van der Waals surface area contributed by atoms with Crippen LogP contribution in [-0.4, -0.2) is 20.0 Å². The topological polar surface area (TPSA) is 51.2 Å². The third-order valence-electron chi connectivity index (χ3n) is 3.16. The van der Waals surface area contributed by atoms with Crippen LogP contribution in [0.4, 0.5) is 0 Å². The van der Waals surface area contributed by atoms with Gasteiger partial charge in [0.15, 0.2) is 15.6 Å². The molecule has 3 nitrogen and oxygen atoms in total. The number of hydrogen-bond donors (Lipinski definition) is 0. The molecule has 2 aromatic rings. The van der Waals surface area contributed by atoms with Crippen molar-refractivity contribution in [2.45, 2.75) is 18.7 Å². The van der Waals surface area contributed by atoms with Crippen LogP contribution in [0.25, 0.3) is 0 Å². The molecule has 0 aliphatic rings. The van der Waals surface area contributed by atoms with Crippen LogP contribution in [-0.2, 0) is 9.84 Å². The first-order chi connectivity index (χ1) is 9.81. The van der Waals surface area contributed by atoms with Crippen LogP contribution >= 0.6 is 11.6 Å². The molecule has 0 bridgehead atoms. The van der Waals surface area contributed by atoms with E-state index in [0.29, 0.717) is 5.56 Å². The van der Waals surface area contributed by atoms with Crippen LogP contribution in [0.2, 0.25) is 5.02 Å². The molecule has 0 amide bonds. The number of carbonyl (C=O) groups excluding carboxylic acids is 1. The minimum atomic E-state index is -3.68. The van der Waals surface area contributed by atoms with Gasteiger partial charge in [0.1, 0.15) is 5.75 Å². The molecule has 0 radical (unpaired) electrons. The standard InChI is InChI=1S/C16H15ClO3S/c1-11-7-8-16(12(2)9-11)21(19,20)10-15(18)13-5-3-4-6-14(13)17/h3-9H,10H2,1-2H3. The van der Waals surface area contributed by atoms with Crippen molar-refractivity contribution < 1.29 is 13.2 Å². The van der Waals surface area contributed by atoms with Gasteiger partial charge in [-0.25, -0.2) is 8.42 Å². The number of Topliss-reactive ketones (excluding diaryl/α,β-unsaturated/α-hetero) is 1. The van der Waals surface area contributed by atoms with Crippen LogP contribution < -0.4 is 0 Å². The van der Waals surface area contributed by atoms with E-state index in [-0.39, 0.29) is 15.5 Å². The first-order valence-electron chi connectivity index (χ1n) is 6.39. The zero-order valence-electron chi connectivity index (χ0n) is 11.8. The Labute approximate surface area is 129 Å². The fourth-order valence-corrected chi connectivity index (χ4v) is 3.89. The van der Waals surface area contributed by atoms with Crippen molar-refractivity contribution >= 4 is 27.2 Å². The fraction of sp³-hybridized carbons (Fsp3) is 0.188. The smallest absolute Gasteiger partial charge is 0.186 e. The van der Waals surface area contributed by atoms with Crippen molar-refractivity contribution in [1.82, 2.24) is 0 Å². The lowest BCUT2D eigenvalue weighted by molar-refractivity contribution is 0.102. The van der Waals surface area contributed by atoms with Crippen molar-refractivity contribution in [3.05, 3.63) is 64.2 Å². The van der Waals surface area contributed by atoms with E-state index in [2.05, 4.69) is 0 Å². The first-order valence-corrected chi connectivity index (χ1v) is 8.42. The lowest BCUT2D eigenvalue weighted by Crippen LogP contribution is -2.17. The normalized spacial score (nSPS) is 11.4. The van der Waals surface area contributed by atoms with Crippen molar-refractivity contribution in [3.63, 3.8) is 0 Å². The SMILES string of the molecule is Cc1ccc(S(=O)(=O)CC(=O)c2ccccc2Cl)c(C)c1. The Kier molecular flexibility index (Phi) is 4.49. The minimum absolute atomic E-state index is 0.188. The molecule has 0 saturated carbocycles. The van der Waals surface area contributed by atoms with Gasteiger partial charge in [-0.15, -0.1) is 0 Å². The molecule has 0 atom stereocenters. The Morgan fingerprint density at radius 2 is 1.76 bits per heavy atom. The van der Waals surface area contributed by atoms with Crippen LogP contribution in [0.15, 0.2) is 47.4 Å². The van der Waals surface area contributed by atoms with E-state index in [1.807, 2.05) is 6.92 Å². The predicted octanol–water partition coefficient (Wildman–Crippen LogP) is 3.61. The number of sulfone groups is 1. The van der Waals surface area contributed by atoms with E-state index in [4.69, 9.17) is 11.6 Å². The van der Waals surface area contributed by atoms with Gasteiger partial charge in [0, 0.05) is 5.56 Å². The maximum absolute atomic E-state index is 12.4. The highest BCUT2D eigenvalue weighted by Gasteiger charge is 2.23. The second-order valence-corrected chi connectivity index (χ2v) is 7.30. The van der Waals surface area contributed by atoms with Gasteiger partial charge in [-0.1, -0.05) is 41.4 Å². The monoisotopic (exact) mass is 322 g/mol. The van der Waals surface area contributed by atoms with E-state index in [1.54, 1.807) is 43.3 Å². The zero-order valence-corrected chi connectivity index (χ0v) is 13.3. The van der Waals surface area contributed by atoms with Gasteiger partial charge < -0.3 is 0 Å². The highest BCUT2D eigenvalue weighted by Crippen LogP contribution is 2.21. The van der Waals surface area contributed by atoms with Crippen molar-refractivity contribution in [2.24, 2.45) is 0 Å². The molecule has 0 fully saturated rings. The average molecular weight is 323 g/mol. The van der Waals surface area contributed by atoms with E-state index < -0.39 is 21.4 Å². The third-order valence-corrected chi connectivity index (χ3v) is 5.26. The molecule has 0 unspecified atom stereocenters. The Bertz CT molecular complexity index is 795. The Balaban J connectivity index is 2.34. The quantitative estimate of drug-likeness (QED) is 0.808. The summed E-state index contributed by atoms with van der Waals surface area (Å²) in [6.07, 6.45) is 0. The second kappa shape index (κ2) is 6.00. The van der Waals surface area contributed by atoms with Crippen LogP contribution in [0.3, 0.4) is 0 Å². The third kappa shape index (κ3) is 3.52. The predicted molar refractivity (Wildman–Crippen MR) is 83.8 cm³/mol. The summed E-state index contributed by atoms with van der Waals surface area (Å²) in [4.78, 5) is 12.4. The molecule has 0 saturated heterocycles. The number of hydrogen-bond acceptors (Lipinski definition) is 3. The highest BCUT2D eigenvalue weighted by atomic mass is 35.5. The Hall–Kier alpha value is -1.65. The summed E-state index contributed by atoms with van der Waals surface area (Å²) >= 11 is 5.93. The summed E-state index contributed by atoms with van der Waals surface area (Å²) in [7, 11) is -3.68. The maximum atomic E-state index is 12.4. The van der Waals surface area contributed by atoms with E-state index in [1.165, 1.54) is 6.07 Å². The molecule has 21 heavy (non-hydrogen) atoms. The molecule has 0 aromatic heterocycles. The maximum Gasteiger partial charge on any atom is 0.186 e. The summed E-state index contributed by atoms with van der Waals surface area (Å²) in [6.45, 7) is 3.61. The molecular formula is C16H15ClO3S. The Morgan fingerprint density at radius 3 is 2.38 bits per heavy atom. The first kappa shape index (κ1) is 15.7. The van der Waals surface area contributed by atoms with E-state index in [0.717, 1.165) is 5.56 Å². The van der Waals surface area contributed by atoms with Crippen molar-refractivity contribution in [2.75, 3.05) is 5.75 Å². The average Bonchev–Trinajstić information content (AvgIpc) is 2.37. The van der Waals surface area contributed by atoms with Gasteiger partial charge in [0.2, 0.25) is 0 Å². The molecule has 0 N–H and O–H groups in total. The summed E-state index contributed by atoms with van der Waals surface area (Å²) in [5.41, 5.74) is 1.85. The molecule has 0 spiro atoms. The number of ketones is 1. The van der Waals surface area contributed by atoms with Crippen LogP contribution in [0.1, 0.15) is 21.5 Å². The summed E-state index contributed by atoms with van der Waals surface area (Å²) < 4.78 is 24.8. The van der Waals surface area contributed by atoms with E-state index in [9.17, 15) is 13.2 Å². The summed E-state index contributed by atoms with van der Waals surface area (Å²) in [5.74, 6) is -1.08. The van der Waals surface area contributed by atoms with Crippen molar-refractivity contribution in [1.29, 1.82) is 0 Å². The Morgan fingerprint density at radius 1 is 1.10 bits per heavy atom. The van der Waals surface area contributed by atoms with Crippen molar-refractivity contribution in [3.8, 4) is 0 Å². The summed E-state index contributed by atoms with van der Waals surface area (Å²) in [6, 6.07) is 11.5. The van der Waals surface area contributed by atoms with Gasteiger partial charge >= 0.3 is 0 Å². The lowest BCUT2D eigenvalue weighted by atomic mass is 10.1. The molecule has 5 heteroatoms.